The van der Waals surface area contributed by atoms with Gasteiger partial charge in [-0.05, 0) is 25.1 Å². The lowest BCUT2D eigenvalue weighted by atomic mass is 10.2. The Kier molecular flexibility index (Phi) is 3.10. The minimum absolute atomic E-state index is 0.646. The van der Waals surface area contributed by atoms with Gasteiger partial charge in [-0.25, -0.2) is 4.98 Å². The van der Waals surface area contributed by atoms with Gasteiger partial charge in [0, 0.05) is 31.0 Å². The van der Waals surface area contributed by atoms with Gasteiger partial charge in [0.2, 0.25) is 0 Å². The Balaban J connectivity index is 1.65. The molecular weight excluding hydrogens is 238 g/mol. The molecule has 2 heterocycles. The van der Waals surface area contributed by atoms with E-state index in [2.05, 4.69) is 51.7 Å². The number of nitrogens with one attached hydrogen (secondary N) is 1. The monoisotopic (exact) mass is 253 g/mol. The molecule has 96 valence electrons. The standard InChI is InChI=1S/C14H15N5/c1-11-3-5-12(6-4-11)15-9-7-13-17-18-14-16-8-2-10-19(13)14/h2-6,8,10,15H,7,9H2,1H3. The molecule has 0 atom stereocenters. The highest BCUT2D eigenvalue weighted by Crippen LogP contribution is 2.08. The lowest BCUT2D eigenvalue weighted by Crippen LogP contribution is -2.07. The van der Waals surface area contributed by atoms with E-state index in [0.29, 0.717) is 5.78 Å². The predicted octanol–water partition coefficient (Wildman–Crippen LogP) is 2.09. The molecule has 0 aliphatic carbocycles. The van der Waals surface area contributed by atoms with E-state index in [9.17, 15) is 0 Å². The quantitative estimate of drug-likeness (QED) is 0.773. The van der Waals surface area contributed by atoms with Crippen molar-refractivity contribution < 1.29 is 0 Å². The summed E-state index contributed by atoms with van der Waals surface area (Å²) in [5, 5.41) is 11.6. The molecule has 3 rings (SSSR count). The van der Waals surface area contributed by atoms with Crippen LogP contribution in [0.1, 0.15) is 11.4 Å². The molecule has 0 amide bonds. The number of benzene rings is 1. The molecule has 19 heavy (non-hydrogen) atoms. The normalized spacial score (nSPS) is 10.8. The van der Waals surface area contributed by atoms with Crippen molar-refractivity contribution in [3.8, 4) is 0 Å². The van der Waals surface area contributed by atoms with Crippen LogP contribution >= 0.6 is 0 Å². The third-order valence-electron chi connectivity index (χ3n) is 2.99. The van der Waals surface area contributed by atoms with E-state index >= 15 is 0 Å². The van der Waals surface area contributed by atoms with Gasteiger partial charge in [0.1, 0.15) is 5.82 Å². The molecular formula is C14H15N5. The molecule has 3 aromatic rings. The van der Waals surface area contributed by atoms with Crippen LogP contribution < -0.4 is 5.32 Å². The summed E-state index contributed by atoms with van der Waals surface area (Å²) < 4.78 is 1.91. The molecule has 1 N–H and O–H groups in total. The van der Waals surface area contributed by atoms with Crippen LogP contribution in [-0.2, 0) is 6.42 Å². The fourth-order valence-electron chi connectivity index (χ4n) is 1.95. The summed E-state index contributed by atoms with van der Waals surface area (Å²) in [6.45, 7) is 2.90. The lowest BCUT2D eigenvalue weighted by molar-refractivity contribution is 0.869. The van der Waals surface area contributed by atoms with Crippen LogP contribution in [-0.4, -0.2) is 26.1 Å². The van der Waals surface area contributed by atoms with Gasteiger partial charge in [-0.1, -0.05) is 17.7 Å². The van der Waals surface area contributed by atoms with Gasteiger partial charge in [-0.15, -0.1) is 10.2 Å². The summed E-state index contributed by atoms with van der Waals surface area (Å²) in [4.78, 5) is 4.15. The molecule has 0 saturated carbocycles. The summed E-state index contributed by atoms with van der Waals surface area (Å²) in [6.07, 6.45) is 4.46. The van der Waals surface area contributed by atoms with Crippen molar-refractivity contribution in [1.82, 2.24) is 19.6 Å². The van der Waals surface area contributed by atoms with Crippen molar-refractivity contribution in [2.24, 2.45) is 0 Å². The Labute approximate surface area is 111 Å². The molecule has 2 aromatic heterocycles. The smallest absolute Gasteiger partial charge is 0.254 e. The minimum atomic E-state index is 0.646. The molecule has 0 bridgehead atoms. The molecule has 0 aliphatic heterocycles. The first-order valence-electron chi connectivity index (χ1n) is 6.28. The van der Waals surface area contributed by atoms with Crippen LogP contribution in [0.25, 0.3) is 5.78 Å². The highest BCUT2D eigenvalue weighted by Gasteiger charge is 2.04. The fourth-order valence-corrected chi connectivity index (χ4v) is 1.95. The van der Waals surface area contributed by atoms with Crippen LogP contribution in [0.2, 0.25) is 0 Å². The van der Waals surface area contributed by atoms with Crippen molar-refractivity contribution in [1.29, 1.82) is 0 Å². The first kappa shape index (κ1) is 11.6. The van der Waals surface area contributed by atoms with Gasteiger partial charge in [-0.3, -0.25) is 4.40 Å². The van der Waals surface area contributed by atoms with Gasteiger partial charge in [0.05, 0.1) is 0 Å². The SMILES string of the molecule is Cc1ccc(NCCc2nnc3ncccn23)cc1. The van der Waals surface area contributed by atoms with E-state index < -0.39 is 0 Å². The summed E-state index contributed by atoms with van der Waals surface area (Å²) in [5.41, 5.74) is 2.39. The molecule has 0 radical (unpaired) electrons. The van der Waals surface area contributed by atoms with Crippen molar-refractivity contribution in [3.05, 3.63) is 54.1 Å². The number of aryl methyl sites for hydroxylation is 1. The highest BCUT2D eigenvalue weighted by molar-refractivity contribution is 5.44. The van der Waals surface area contributed by atoms with Gasteiger partial charge in [0.15, 0.2) is 0 Å². The van der Waals surface area contributed by atoms with Crippen LogP contribution in [0.15, 0.2) is 42.7 Å². The second kappa shape index (κ2) is 5.06. The fraction of sp³-hybridized carbons (Fsp3) is 0.214. The average Bonchev–Trinajstić information content (AvgIpc) is 2.85. The van der Waals surface area contributed by atoms with E-state index in [0.717, 1.165) is 24.5 Å². The molecule has 1 aromatic carbocycles. The van der Waals surface area contributed by atoms with E-state index in [4.69, 9.17) is 0 Å². The Morgan fingerprint density at radius 1 is 1.16 bits per heavy atom. The zero-order valence-corrected chi connectivity index (χ0v) is 10.7. The van der Waals surface area contributed by atoms with Gasteiger partial charge >= 0.3 is 0 Å². The van der Waals surface area contributed by atoms with Crippen molar-refractivity contribution in [2.45, 2.75) is 13.3 Å². The Morgan fingerprint density at radius 3 is 2.84 bits per heavy atom. The average molecular weight is 253 g/mol. The molecule has 5 nitrogen and oxygen atoms in total. The third kappa shape index (κ3) is 2.54. The van der Waals surface area contributed by atoms with Crippen LogP contribution in [0, 0.1) is 6.92 Å². The van der Waals surface area contributed by atoms with Gasteiger partial charge in [0.25, 0.3) is 5.78 Å². The first-order valence-corrected chi connectivity index (χ1v) is 6.28. The van der Waals surface area contributed by atoms with E-state index in [-0.39, 0.29) is 0 Å². The minimum Gasteiger partial charge on any atom is -0.385 e. The Bertz CT molecular complexity index is 672. The van der Waals surface area contributed by atoms with Gasteiger partial charge < -0.3 is 5.32 Å². The topological polar surface area (TPSA) is 55.1 Å². The molecule has 0 aliphatic rings. The summed E-state index contributed by atoms with van der Waals surface area (Å²) in [6, 6.07) is 10.2. The van der Waals surface area contributed by atoms with Crippen LogP contribution in [0.3, 0.4) is 0 Å². The van der Waals surface area contributed by atoms with Crippen LogP contribution in [0.4, 0.5) is 5.69 Å². The maximum absolute atomic E-state index is 4.15. The van der Waals surface area contributed by atoms with Crippen molar-refractivity contribution >= 4 is 11.5 Å². The van der Waals surface area contributed by atoms with E-state index in [1.165, 1.54) is 5.56 Å². The summed E-state index contributed by atoms with van der Waals surface area (Å²) in [7, 11) is 0. The maximum atomic E-state index is 4.15. The largest absolute Gasteiger partial charge is 0.385 e. The van der Waals surface area contributed by atoms with Crippen molar-refractivity contribution in [2.75, 3.05) is 11.9 Å². The number of nitrogens with zero attached hydrogens (tertiary/aromatic N) is 4. The zero-order valence-electron chi connectivity index (χ0n) is 10.7. The number of hydrogen-bond acceptors (Lipinski definition) is 4. The third-order valence-corrected chi connectivity index (χ3v) is 2.99. The second-order valence-corrected chi connectivity index (χ2v) is 4.45. The molecule has 0 unspecified atom stereocenters. The summed E-state index contributed by atoms with van der Waals surface area (Å²) in [5.74, 6) is 1.57. The molecule has 0 spiro atoms. The molecule has 0 fully saturated rings. The predicted molar refractivity (Wildman–Crippen MR) is 74.2 cm³/mol. The first-order chi connectivity index (χ1) is 9.33. The maximum Gasteiger partial charge on any atom is 0.254 e. The number of rotatable bonds is 4. The highest BCUT2D eigenvalue weighted by atomic mass is 15.3. The molecule has 5 heteroatoms. The Hall–Kier alpha value is -2.43. The second-order valence-electron chi connectivity index (χ2n) is 4.45. The van der Waals surface area contributed by atoms with E-state index in [1.54, 1.807) is 6.20 Å². The Morgan fingerprint density at radius 2 is 2.00 bits per heavy atom. The van der Waals surface area contributed by atoms with Crippen molar-refractivity contribution in [3.63, 3.8) is 0 Å². The molecule has 0 saturated heterocycles. The number of fused-ring (bicyclic) bond motifs is 1. The lowest BCUT2D eigenvalue weighted by Gasteiger charge is -2.05. The number of anilines is 1. The summed E-state index contributed by atoms with van der Waals surface area (Å²) >= 11 is 0. The van der Waals surface area contributed by atoms with E-state index in [1.807, 2.05) is 16.7 Å². The zero-order chi connectivity index (χ0) is 13.1. The van der Waals surface area contributed by atoms with Gasteiger partial charge in [-0.2, -0.15) is 0 Å². The number of aromatic nitrogens is 4. The van der Waals surface area contributed by atoms with Crippen LogP contribution in [0.5, 0.6) is 0 Å². The number of hydrogen-bond donors (Lipinski definition) is 1.